The fourth-order valence-electron chi connectivity index (χ4n) is 1.55. The van der Waals surface area contributed by atoms with Crippen molar-refractivity contribution in [3.05, 3.63) is 0 Å². The normalized spacial score (nSPS) is 28.1. The smallest absolute Gasteiger partial charge is 0.232 e. The number of hydrogen-bond acceptors (Lipinski definition) is 3. The fraction of sp³-hybridized carbons (Fsp3) is 0.900. The van der Waals surface area contributed by atoms with Crippen molar-refractivity contribution in [2.24, 2.45) is 5.92 Å². The van der Waals surface area contributed by atoms with Crippen LogP contribution in [0.25, 0.3) is 0 Å². The van der Waals surface area contributed by atoms with Crippen molar-refractivity contribution in [2.45, 2.75) is 45.4 Å². The quantitative estimate of drug-likeness (QED) is 0.490. The molecule has 0 aliphatic carbocycles. The Bertz CT molecular complexity index is 194. The Kier molecular flexibility index (Phi) is 4.35. The molecule has 0 aromatic carbocycles. The molecule has 0 aromatic rings. The van der Waals surface area contributed by atoms with Crippen LogP contribution < -0.4 is 5.32 Å². The topological polar surface area (TPSA) is 58.6 Å². The molecule has 0 unspecified atom stereocenters. The first-order valence-electron chi connectivity index (χ1n) is 5.27. The van der Waals surface area contributed by atoms with Gasteiger partial charge in [-0.25, -0.2) is 0 Å². The number of aliphatic hydroxyl groups is 1. The van der Waals surface area contributed by atoms with E-state index < -0.39 is 6.10 Å². The highest BCUT2D eigenvalue weighted by Gasteiger charge is 2.43. The molecule has 0 saturated carbocycles. The summed E-state index contributed by atoms with van der Waals surface area (Å²) >= 11 is 0. The third kappa shape index (κ3) is 2.69. The van der Waals surface area contributed by atoms with E-state index in [0.29, 0.717) is 6.61 Å². The van der Waals surface area contributed by atoms with Gasteiger partial charge < -0.3 is 15.2 Å². The summed E-state index contributed by atoms with van der Waals surface area (Å²) in [6.07, 6.45) is 2.40. The highest BCUT2D eigenvalue weighted by Crippen LogP contribution is 2.20. The number of hydrogen-bond donors (Lipinski definition) is 2. The molecule has 1 fully saturated rings. The zero-order chi connectivity index (χ0) is 10.6. The molecule has 14 heavy (non-hydrogen) atoms. The molecule has 82 valence electrons. The SMILES string of the molecule is CCCCCO[C@H]1NC(=O)[C@@H]1[C@@H](C)O. The zero-order valence-corrected chi connectivity index (χ0v) is 8.82. The van der Waals surface area contributed by atoms with E-state index in [0.717, 1.165) is 19.3 Å². The van der Waals surface area contributed by atoms with E-state index in [1.807, 2.05) is 0 Å². The minimum atomic E-state index is -0.625. The lowest BCUT2D eigenvalue weighted by Crippen LogP contribution is -2.63. The molecular formula is C10H19NO3. The Hall–Kier alpha value is -0.610. The Labute approximate surface area is 84.6 Å². The van der Waals surface area contributed by atoms with Gasteiger partial charge in [-0.2, -0.15) is 0 Å². The second-order valence-electron chi connectivity index (χ2n) is 3.77. The van der Waals surface area contributed by atoms with Crippen LogP contribution in [0, 0.1) is 5.92 Å². The van der Waals surface area contributed by atoms with Crippen LogP contribution in [0.1, 0.15) is 33.1 Å². The fourth-order valence-corrected chi connectivity index (χ4v) is 1.55. The maximum atomic E-state index is 11.0. The predicted octanol–water partition coefficient (Wildman–Crippen LogP) is 0.646. The lowest BCUT2D eigenvalue weighted by Gasteiger charge is -2.37. The van der Waals surface area contributed by atoms with Gasteiger partial charge >= 0.3 is 0 Å². The Morgan fingerprint density at radius 2 is 2.29 bits per heavy atom. The second kappa shape index (κ2) is 5.32. The number of amides is 1. The summed E-state index contributed by atoms with van der Waals surface area (Å²) in [7, 11) is 0. The van der Waals surface area contributed by atoms with Crippen molar-refractivity contribution in [3.8, 4) is 0 Å². The van der Waals surface area contributed by atoms with Crippen LogP contribution in [0.4, 0.5) is 0 Å². The van der Waals surface area contributed by atoms with Gasteiger partial charge in [0.25, 0.3) is 0 Å². The van der Waals surface area contributed by atoms with Gasteiger partial charge in [0.1, 0.15) is 12.1 Å². The van der Waals surface area contributed by atoms with Crippen molar-refractivity contribution >= 4 is 5.91 Å². The number of carbonyl (C=O) groups excluding carboxylic acids is 1. The summed E-state index contributed by atoms with van der Waals surface area (Å²) in [5.41, 5.74) is 0. The van der Waals surface area contributed by atoms with Gasteiger partial charge in [0.2, 0.25) is 5.91 Å². The molecule has 1 aliphatic heterocycles. The minimum Gasteiger partial charge on any atom is -0.392 e. The number of β-lactam (4-membered cyclic amide) rings is 1. The zero-order valence-electron chi connectivity index (χ0n) is 8.82. The van der Waals surface area contributed by atoms with Gasteiger partial charge in [0, 0.05) is 6.61 Å². The summed E-state index contributed by atoms with van der Waals surface area (Å²) in [4.78, 5) is 11.0. The molecule has 4 nitrogen and oxygen atoms in total. The lowest BCUT2D eigenvalue weighted by molar-refractivity contribution is -0.163. The van der Waals surface area contributed by atoms with Crippen LogP contribution in [0.3, 0.4) is 0 Å². The van der Waals surface area contributed by atoms with Crippen molar-refractivity contribution in [2.75, 3.05) is 6.61 Å². The van der Waals surface area contributed by atoms with Crippen LogP contribution in [0.5, 0.6) is 0 Å². The second-order valence-corrected chi connectivity index (χ2v) is 3.77. The molecule has 1 rings (SSSR count). The van der Waals surface area contributed by atoms with Crippen molar-refractivity contribution in [1.82, 2.24) is 5.32 Å². The van der Waals surface area contributed by atoms with Crippen LogP contribution in [0.2, 0.25) is 0 Å². The third-order valence-electron chi connectivity index (χ3n) is 2.48. The first kappa shape index (κ1) is 11.5. The van der Waals surface area contributed by atoms with E-state index in [-0.39, 0.29) is 18.1 Å². The van der Waals surface area contributed by atoms with Gasteiger partial charge in [-0.3, -0.25) is 4.79 Å². The molecular weight excluding hydrogens is 182 g/mol. The summed E-state index contributed by atoms with van der Waals surface area (Å²) in [6, 6.07) is 0. The van der Waals surface area contributed by atoms with Gasteiger partial charge in [0.15, 0.2) is 0 Å². The maximum absolute atomic E-state index is 11.0. The summed E-state index contributed by atoms with van der Waals surface area (Å²) in [5, 5.41) is 11.9. The van der Waals surface area contributed by atoms with E-state index >= 15 is 0 Å². The first-order valence-corrected chi connectivity index (χ1v) is 5.27. The van der Waals surface area contributed by atoms with Crippen LogP contribution in [0.15, 0.2) is 0 Å². The van der Waals surface area contributed by atoms with E-state index in [9.17, 15) is 9.90 Å². The Morgan fingerprint density at radius 3 is 2.79 bits per heavy atom. The first-order chi connectivity index (χ1) is 6.66. The highest BCUT2D eigenvalue weighted by molar-refractivity contribution is 5.85. The predicted molar refractivity (Wildman–Crippen MR) is 52.6 cm³/mol. The number of unbranched alkanes of at least 4 members (excludes halogenated alkanes) is 2. The molecule has 2 N–H and O–H groups in total. The number of rotatable bonds is 6. The van der Waals surface area contributed by atoms with Gasteiger partial charge in [-0.1, -0.05) is 19.8 Å². The van der Waals surface area contributed by atoms with Crippen molar-refractivity contribution < 1.29 is 14.6 Å². The molecule has 0 aromatic heterocycles. The molecule has 0 spiro atoms. The molecule has 1 aliphatic rings. The molecule has 1 heterocycles. The van der Waals surface area contributed by atoms with Crippen LogP contribution in [-0.4, -0.2) is 30.0 Å². The number of aliphatic hydroxyl groups excluding tert-OH is 1. The summed E-state index contributed by atoms with van der Waals surface area (Å²) in [6.45, 7) is 4.40. The monoisotopic (exact) mass is 201 g/mol. The number of nitrogens with one attached hydrogen (secondary N) is 1. The number of carbonyl (C=O) groups is 1. The maximum Gasteiger partial charge on any atom is 0.232 e. The lowest BCUT2D eigenvalue weighted by atomic mass is 9.93. The highest BCUT2D eigenvalue weighted by atomic mass is 16.5. The Morgan fingerprint density at radius 1 is 1.57 bits per heavy atom. The van der Waals surface area contributed by atoms with E-state index in [1.54, 1.807) is 6.92 Å². The van der Waals surface area contributed by atoms with Gasteiger partial charge in [-0.05, 0) is 13.3 Å². The van der Waals surface area contributed by atoms with Crippen LogP contribution >= 0.6 is 0 Å². The standard InChI is InChI=1S/C10H19NO3/c1-3-4-5-6-14-10-8(7(2)12)9(13)11-10/h7-8,10,12H,3-6H2,1-2H3,(H,11,13)/t7-,8+,10-/m1/s1. The molecule has 0 bridgehead atoms. The summed E-state index contributed by atoms with van der Waals surface area (Å²) < 4.78 is 5.43. The molecule has 4 heteroatoms. The number of ether oxygens (including phenoxy) is 1. The van der Waals surface area contributed by atoms with Gasteiger partial charge in [-0.15, -0.1) is 0 Å². The largest absolute Gasteiger partial charge is 0.392 e. The molecule has 3 atom stereocenters. The van der Waals surface area contributed by atoms with Crippen molar-refractivity contribution in [1.29, 1.82) is 0 Å². The molecule has 1 amide bonds. The average Bonchev–Trinajstić information content (AvgIpc) is 2.08. The van der Waals surface area contributed by atoms with E-state index in [2.05, 4.69) is 12.2 Å². The Balaban J connectivity index is 2.16. The van der Waals surface area contributed by atoms with Gasteiger partial charge in [0.05, 0.1) is 6.10 Å². The van der Waals surface area contributed by atoms with E-state index in [4.69, 9.17) is 4.74 Å². The molecule has 1 saturated heterocycles. The van der Waals surface area contributed by atoms with Crippen molar-refractivity contribution in [3.63, 3.8) is 0 Å². The van der Waals surface area contributed by atoms with Crippen LogP contribution in [-0.2, 0) is 9.53 Å². The molecule has 0 radical (unpaired) electrons. The third-order valence-corrected chi connectivity index (χ3v) is 2.48. The minimum absolute atomic E-state index is 0.111. The van der Waals surface area contributed by atoms with E-state index in [1.165, 1.54) is 0 Å². The average molecular weight is 201 g/mol. The summed E-state index contributed by atoms with van der Waals surface area (Å²) in [5.74, 6) is -0.489.